The van der Waals surface area contributed by atoms with Gasteiger partial charge in [0, 0.05) is 38.4 Å². The number of aliphatic hydroxyl groups excluding tert-OH is 1. The highest BCUT2D eigenvalue weighted by Gasteiger charge is 2.07. The van der Waals surface area contributed by atoms with Crippen molar-refractivity contribution in [1.29, 1.82) is 0 Å². The smallest absolute Gasteiger partial charge is 0.330 e. The Morgan fingerprint density at radius 3 is 2.62 bits per heavy atom. The second kappa shape index (κ2) is 5.09. The summed E-state index contributed by atoms with van der Waals surface area (Å²) < 4.78 is 2.43. The quantitative estimate of drug-likeness (QED) is 0.660. The molecule has 0 aliphatic heterocycles. The first-order valence-electron chi connectivity index (χ1n) is 5.07. The van der Waals surface area contributed by atoms with E-state index in [9.17, 15) is 9.59 Å². The number of aryl methyl sites for hydroxylation is 1. The summed E-state index contributed by atoms with van der Waals surface area (Å²) in [6.07, 6.45) is 1.52. The van der Waals surface area contributed by atoms with E-state index in [1.807, 2.05) is 6.92 Å². The molecule has 90 valence electrons. The molecule has 0 fully saturated rings. The van der Waals surface area contributed by atoms with Crippen LogP contribution in [0.25, 0.3) is 0 Å². The third kappa shape index (κ3) is 2.59. The van der Waals surface area contributed by atoms with E-state index in [-0.39, 0.29) is 23.9 Å². The highest BCUT2D eigenvalue weighted by atomic mass is 16.3. The maximum atomic E-state index is 11.7. The maximum Gasteiger partial charge on any atom is 0.330 e. The Balaban J connectivity index is 2.98. The van der Waals surface area contributed by atoms with Gasteiger partial charge in [-0.05, 0) is 6.92 Å². The zero-order valence-electron chi connectivity index (χ0n) is 9.73. The summed E-state index contributed by atoms with van der Waals surface area (Å²) in [5.41, 5.74) is -0.144. The molecule has 0 saturated heterocycles. The maximum absolute atomic E-state index is 11.7. The van der Waals surface area contributed by atoms with Crippen molar-refractivity contribution in [1.82, 2.24) is 14.5 Å². The molecule has 1 aromatic rings. The number of hydrogen-bond acceptors (Lipinski definition) is 4. The SMILES string of the molecule is C[C@H](CO)NCc1cn(C)c(=O)n(C)c1=O. The molecule has 6 nitrogen and oxygen atoms in total. The molecule has 0 radical (unpaired) electrons. The summed E-state index contributed by atoms with van der Waals surface area (Å²) in [5.74, 6) is 0. The summed E-state index contributed by atoms with van der Waals surface area (Å²) >= 11 is 0. The zero-order valence-corrected chi connectivity index (χ0v) is 9.73. The van der Waals surface area contributed by atoms with Gasteiger partial charge in [0.2, 0.25) is 0 Å². The van der Waals surface area contributed by atoms with Gasteiger partial charge in [-0.3, -0.25) is 9.36 Å². The lowest BCUT2D eigenvalue weighted by Crippen LogP contribution is -2.40. The average Bonchev–Trinajstić information content (AvgIpc) is 2.28. The number of rotatable bonds is 4. The fourth-order valence-corrected chi connectivity index (χ4v) is 1.35. The van der Waals surface area contributed by atoms with E-state index in [1.165, 1.54) is 17.8 Å². The normalized spacial score (nSPS) is 12.8. The Bertz CT molecular complexity index is 475. The minimum Gasteiger partial charge on any atom is -0.395 e. The number of aliphatic hydroxyl groups is 1. The van der Waals surface area contributed by atoms with Crippen LogP contribution in [0, 0.1) is 0 Å². The van der Waals surface area contributed by atoms with E-state index in [0.717, 1.165) is 4.57 Å². The Morgan fingerprint density at radius 1 is 1.44 bits per heavy atom. The first-order valence-corrected chi connectivity index (χ1v) is 5.07. The van der Waals surface area contributed by atoms with Gasteiger partial charge in [-0.15, -0.1) is 0 Å². The summed E-state index contributed by atoms with van der Waals surface area (Å²) in [5, 5.41) is 11.8. The van der Waals surface area contributed by atoms with Crippen molar-refractivity contribution >= 4 is 0 Å². The second-order valence-electron chi connectivity index (χ2n) is 3.88. The van der Waals surface area contributed by atoms with Crippen LogP contribution in [0.4, 0.5) is 0 Å². The van der Waals surface area contributed by atoms with Gasteiger partial charge in [0.05, 0.1) is 6.61 Å². The van der Waals surface area contributed by atoms with Crippen molar-refractivity contribution in [3.8, 4) is 0 Å². The van der Waals surface area contributed by atoms with Crippen LogP contribution in [0.2, 0.25) is 0 Å². The van der Waals surface area contributed by atoms with Gasteiger partial charge in [0.25, 0.3) is 5.56 Å². The Kier molecular flexibility index (Phi) is 4.03. The standard InChI is InChI=1S/C10H17N3O3/c1-7(6-14)11-4-8-5-12(2)10(16)13(3)9(8)15/h5,7,11,14H,4,6H2,1-3H3/t7-/m1/s1. The van der Waals surface area contributed by atoms with E-state index >= 15 is 0 Å². The molecule has 0 aliphatic carbocycles. The monoisotopic (exact) mass is 227 g/mol. The van der Waals surface area contributed by atoms with E-state index < -0.39 is 0 Å². The van der Waals surface area contributed by atoms with E-state index in [1.54, 1.807) is 7.05 Å². The minimum absolute atomic E-state index is 0.00603. The van der Waals surface area contributed by atoms with E-state index in [2.05, 4.69) is 5.32 Å². The van der Waals surface area contributed by atoms with Crippen molar-refractivity contribution in [3.05, 3.63) is 32.6 Å². The largest absolute Gasteiger partial charge is 0.395 e. The zero-order chi connectivity index (χ0) is 12.3. The van der Waals surface area contributed by atoms with Crippen LogP contribution in [0.3, 0.4) is 0 Å². The van der Waals surface area contributed by atoms with Gasteiger partial charge >= 0.3 is 5.69 Å². The molecule has 16 heavy (non-hydrogen) atoms. The number of aromatic nitrogens is 2. The van der Waals surface area contributed by atoms with Crippen LogP contribution in [0.1, 0.15) is 12.5 Å². The second-order valence-corrected chi connectivity index (χ2v) is 3.88. The van der Waals surface area contributed by atoms with Crippen LogP contribution in [0.5, 0.6) is 0 Å². The van der Waals surface area contributed by atoms with Crippen molar-refractivity contribution in [2.45, 2.75) is 19.5 Å². The van der Waals surface area contributed by atoms with Crippen LogP contribution >= 0.6 is 0 Å². The van der Waals surface area contributed by atoms with Crippen LogP contribution in [-0.4, -0.2) is 26.9 Å². The lowest BCUT2D eigenvalue weighted by atomic mass is 10.3. The highest BCUT2D eigenvalue weighted by Crippen LogP contribution is 1.89. The Labute approximate surface area is 93.1 Å². The Hall–Kier alpha value is -1.40. The molecular weight excluding hydrogens is 210 g/mol. The summed E-state index contributed by atoms with van der Waals surface area (Å²) in [4.78, 5) is 23.1. The molecule has 0 amide bonds. The summed E-state index contributed by atoms with van der Waals surface area (Å²) in [6, 6.07) is -0.0815. The molecule has 0 aliphatic rings. The molecule has 1 heterocycles. The van der Waals surface area contributed by atoms with Gasteiger partial charge in [-0.1, -0.05) is 0 Å². The first-order chi connectivity index (χ1) is 7.47. The fourth-order valence-electron chi connectivity index (χ4n) is 1.35. The molecular formula is C10H17N3O3. The highest BCUT2D eigenvalue weighted by molar-refractivity contribution is 5.05. The first kappa shape index (κ1) is 12.7. The molecule has 0 bridgehead atoms. The van der Waals surface area contributed by atoms with Crippen molar-refractivity contribution in [3.63, 3.8) is 0 Å². The minimum atomic E-state index is -0.344. The number of nitrogens with one attached hydrogen (secondary N) is 1. The molecule has 0 spiro atoms. The number of nitrogens with zero attached hydrogens (tertiary/aromatic N) is 2. The predicted octanol–water partition coefficient (Wildman–Crippen LogP) is -1.45. The third-order valence-corrected chi connectivity index (χ3v) is 2.43. The Morgan fingerprint density at radius 2 is 2.06 bits per heavy atom. The van der Waals surface area contributed by atoms with Crippen LogP contribution < -0.4 is 16.6 Å². The van der Waals surface area contributed by atoms with Crippen molar-refractivity contribution in [2.75, 3.05) is 6.61 Å². The van der Waals surface area contributed by atoms with Crippen LogP contribution in [-0.2, 0) is 20.6 Å². The summed E-state index contributed by atoms with van der Waals surface area (Å²) in [7, 11) is 3.05. The van der Waals surface area contributed by atoms with Gasteiger partial charge in [-0.2, -0.15) is 0 Å². The van der Waals surface area contributed by atoms with Gasteiger partial charge < -0.3 is 15.0 Å². The van der Waals surface area contributed by atoms with Crippen molar-refractivity contribution in [2.24, 2.45) is 14.1 Å². The van der Waals surface area contributed by atoms with Crippen molar-refractivity contribution < 1.29 is 5.11 Å². The number of hydrogen-bond donors (Lipinski definition) is 2. The lowest BCUT2D eigenvalue weighted by molar-refractivity contribution is 0.250. The van der Waals surface area contributed by atoms with E-state index in [4.69, 9.17) is 5.11 Å². The van der Waals surface area contributed by atoms with Gasteiger partial charge in [0.15, 0.2) is 0 Å². The topological polar surface area (TPSA) is 76.3 Å². The fraction of sp³-hybridized carbons (Fsp3) is 0.600. The lowest BCUT2D eigenvalue weighted by Gasteiger charge is -2.11. The van der Waals surface area contributed by atoms with Gasteiger partial charge in [0.1, 0.15) is 0 Å². The molecule has 1 atom stereocenters. The van der Waals surface area contributed by atoms with Crippen LogP contribution in [0.15, 0.2) is 15.8 Å². The molecule has 0 saturated carbocycles. The van der Waals surface area contributed by atoms with Gasteiger partial charge in [-0.25, -0.2) is 4.79 Å². The molecule has 0 aromatic carbocycles. The molecule has 1 rings (SSSR count). The third-order valence-electron chi connectivity index (χ3n) is 2.43. The average molecular weight is 227 g/mol. The predicted molar refractivity (Wildman–Crippen MR) is 60.3 cm³/mol. The molecule has 2 N–H and O–H groups in total. The molecule has 6 heteroatoms. The molecule has 0 unspecified atom stereocenters. The van der Waals surface area contributed by atoms with E-state index in [0.29, 0.717) is 12.1 Å². The summed E-state index contributed by atoms with van der Waals surface area (Å²) in [6.45, 7) is 2.15. The molecule has 1 aromatic heterocycles.